The monoisotopic (exact) mass is 453 g/mol. The van der Waals surface area contributed by atoms with Crippen LogP contribution in [0.2, 0.25) is 0 Å². The maximum atomic E-state index is 11.7. The molecule has 2 aromatic rings. The van der Waals surface area contributed by atoms with Crippen molar-refractivity contribution in [2.24, 2.45) is 5.92 Å². The molecule has 10 nitrogen and oxygen atoms in total. The van der Waals surface area contributed by atoms with E-state index in [1.54, 1.807) is 18.2 Å². The summed E-state index contributed by atoms with van der Waals surface area (Å²) in [6, 6.07) is 4.93. The number of ether oxygens (including phenoxy) is 1. The number of methoxy groups -OCH3 is 1. The fraction of sp³-hybridized carbons (Fsp3) is 0.550. The lowest BCUT2D eigenvalue weighted by atomic mass is 9.96. The van der Waals surface area contributed by atoms with E-state index < -0.39 is 10.0 Å². The summed E-state index contributed by atoms with van der Waals surface area (Å²) in [7, 11) is -2.12. The van der Waals surface area contributed by atoms with Gasteiger partial charge in [-0.15, -0.1) is 0 Å². The minimum absolute atomic E-state index is 0.0386. The molecule has 11 heteroatoms. The number of hydrogen-bond donors (Lipinski definition) is 4. The predicted molar refractivity (Wildman–Crippen MR) is 119 cm³/mol. The molecule has 2 rings (SSSR count). The maximum Gasteiger partial charge on any atom is 0.241 e. The SMILES string of the molecule is COc1cccc(C(C)Cc2nc(N[C@@H](CO)CC(C)C)nc(NS(C)(=O)=O)n2)c1O. The average Bonchev–Trinajstić information content (AvgIpc) is 2.65. The highest BCUT2D eigenvalue weighted by Crippen LogP contribution is 2.35. The highest BCUT2D eigenvalue weighted by Gasteiger charge is 2.19. The molecule has 0 saturated heterocycles. The largest absolute Gasteiger partial charge is 0.504 e. The number of phenols is 1. The van der Waals surface area contributed by atoms with E-state index in [4.69, 9.17) is 4.74 Å². The van der Waals surface area contributed by atoms with Gasteiger partial charge in [-0.05, 0) is 24.3 Å². The van der Waals surface area contributed by atoms with E-state index in [1.807, 2.05) is 20.8 Å². The Morgan fingerprint density at radius 1 is 1.13 bits per heavy atom. The highest BCUT2D eigenvalue weighted by atomic mass is 32.2. The van der Waals surface area contributed by atoms with E-state index in [2.05, 4.69) is 25.0 Å². The summed E-state index contributed by atoms with van der Waals surface area (Å²) < 4.78 is 30.8. The number of benzene rings is 1. The van der Waals surface area contributed by atoms with E-state index in [9.17, 15) is 18.6 Å². The second-order valence-corrected chi connectivity index (χ2v) is 9.68. The fourth-order valence-electron chi connectivity index (χ4n) is 3.20. The zero-order chi connectivity index (χ0) is 23.2. The standard InChI is InChI=1S/C20H31N5O5S/c1-12(2)9-14(11-26)21-19-22-17(23-20(24-19)25-31(5,28)29)10-13(3)15-7-6-8-16(30-4)18(15)27/h6-8,12-14,26-27H,9-11H2,1-5H3,(H2,21,22,23,24,25)/t13?,14-/m1/s1. The van der Waals surface area contributed by atoms with Crippen LogP contribution < -0.4 is 14.8 Å². The van der Waals surface area contributed by atoms with Gasteiger partial charge in [0.2, 0.25) is 21.9 Å². The second kappa shape index (κ2) is 10.6. The van der Waals surface area contributed by atoms with Gasteiger partial charge in [0.1, 0.15) is 5.82 Å². The topological polar surface area (TPSA) is 147 Å². The molecule has 0 aliphatic carbocycles. The van der Waals surface area contributed by atoms with Crippen LogP contribution in [0.5, 0.6) is 11.5 Å². The smallest absolute Gasteiger partial charge is 0.241 e. The number of rotatable bonds is 11. The van der Waals surface area contributed by atoms with Crippen LogP contribution >= 0.6 is 0 Å². The van der Waals surface area contributed by atoms with Crippen molar-refractivity contribution < 1.29 is 23.4 Å². The lowest BCUT2D eigenvalue weighted by Crippen LogP contribution is -2.27. The molecule has 172 valence electrons. The van der Waals surface area contributed by atoms with Gasteiger partial charge in [0, 0.05) is 12.0 Å². The van der Waals surface area contributed by atoms with Crippen LogP contribution in [0, 0.1) is 5.92 Å². The highest BCUT2D eigenvalue weighted by molar-refractivity contribution is 7.91. The van der Waals surface area contributed by atoms with Crippen molar-refractivity contribution in [2.75, 3.05) is 30.0 Å². The van der Waals surface area contributed by atoms with Gasteiger partial charge in [-0.2, -0.15) is 15.0 Å². The van der Waals surface area contributed by atoms with Crippen LogP contribution in [0.4, 0.5) is 11.9 Å². The third kappa shape index (κ3) is 7.51. The first-order valence-corrected chi connectivity index (χ1v) is 11.9. The molecule has 1 unspecified atom stereocenters. The molecule has 0 amide bonds. The van der Waals surface area contributed by atoms with Gasteiger partial charge in [-0.1, -0.05) is 32.9 Å². The summed E-state index contributed by atoms with van der Waals surface area (Å²) >= 11 is 0. The van der Waals surface area contributed by atoms with Gasteiger partial charge in [0.25, 0.3) is 0 Å². The molecule has 4 N–H and O–H groups in total. The number of phenolic OH excluding ortho intramolecular Hbond substituents is 1. The van der Waals surface area contributed by atoms with Crippen molar-refractivity contribution in [1.82, 2.24) is 15.0 Å². The van der Waals surface area contributed by atoms with Gasteiger partial charge < -0.3 is 20.3 Å². The van der Waals surface area contributed by atoms with E-state index in [0.717, 1.165) is 6.26 Å². The quantitative estimate of drug-likeness (QED) is 0.402. The van der Waals surface area contributed by atoms with Crippen LogP contribution in [-0.4, -0.2) is 59.6 Å². The summed E-state index contributed by atoms with van der Waals surface area (Å²) in [5, 5.41) is 23.1. The van der Waals surface area contributed by atoms with Gasteiger partial charge >= 0.3 is 0 Å². The van der Waals surface area contributed by atoms with Crippen molar-refractivity contribution in [3.05, 3.63) is 29.6 Å². The zero-order valence-corrected chi connectivity index (χ0v) is 19.3. The van der Waals surface area contributed by atoms with E-state index in [0.29, 0.717) is 35.9 Å². The molecular weight excluding hydrogens is 422 g/mol. The molecule has 0 aliphatic heterocycles. The zero-order valence-electron chi connectivity index (χ0n) is 18.5. The number of aromatic nitrogens is 3. The number of aliphatic hydroxyl groups is 1. The third-order valence-electron chi connectivity index (χ3n) is 4.54. The lowest BCUT2D eigenvalue weighted by molar-refractivity contribution is 0.259. The van der Waals surface area contributed by atoms with Gasteiger partial charge in [-0.25, -0.2) is 8.42 Å². The molecule has 0 aliphatic rings. The first-order valence-electron chi connectivity index (χ1n) is 9.98. The Bertz CT molecular complexity index is 984. The van der Waals surface area contributed by atoms with Gasteiger partial charge in [-0.3, -0.25) is 4.72 Å². The van der Waals surface area contributed by atoms with Crippen LogP contribution in [-0.2, 0) is 16.4 Å². The molecule has 1 aromatic heterocycles. The number of para-hydroxylation sites is 1. The Kier molecular flexibility index (Phi) is 8.40. The van der Waals surface area contributed by atoms with E-state index in [1.165, 1.54) is 7.11 Å². The molecule has 1 heterocycles. The van der Waals surface area contributed by atoms with Gasteiger partial charge in [0.05, 0.1) is 26.0 Å². The molecule has 0 radical (unpaired) electrons. The van der Waals surface area contributed by atoms with Crippen molar-refractivity contribution in [1.29, 1.82) is 0 Å². The Labute approximate surface area is 183 Å². The molecule has 0 spiro atoms. The molecular formula is C20H31N5O5S. The van der Waals surface area contributed by atoms with E-state index in [-0.39, 0.29) is 36.2 Å². The Morgan fingerprint density at radius 3 is 2.39 bits per heavy atom. The average molecular weight is 454 g/mol. The predicted octanol–water partition coefficient (Wildman–Crippen LogP) is 2.12. The Hall–Kier alpha value is -2.66. The van der Waals surface area contributed by atoms with Crippen LogP contribution in [0.1, 0.15) is 44.5 Å². The maximum absolute atomic E-state index is 11.7. The fourth-order valence-corrected chi connectivity index (χ4v) is 3.63. The first-order chi connectivity index (χ1) is 14.5. The summed E-state index contributed by atoms with van der Waals surface area (Å²) in [4.78, 5) is 12.8. The molecule has 0 bridgehead atoms. The molecule has 1 aromatic carbocycles. The number of aromatic hydroxyl groups is 1. The molecule has 0 fully saturated rings. The third-order valence-corrected chi connectivity index (χ3v) is 5.09. The Morgan fingerprint density at radius 2 is 1.81 bits per heavy atom. The minimum Gasteiger partial charge on any atom is -0.504 e. The van der Waals surface area contributed by atoms with Crippen molar-refractivity contribution in [3.63, 3.8) is 0 Å². The number of nitrogens with zero attached hydrogens (tertiary/aromatic N) is 3. The number of sulfonamides is 1. The second-order valence-electron chi connectivity index (χ2n) is 7.93. The summed E-state index contributed by atoms with van der Waals surface area (Å²) in [5.74, 6) is 0.921. The summed E-state index contributed by atoms with van der Waals surface area (Å²) in [6.07, 6.45) is 2.00. The Balaban J connectivity index is 2.35. The van der Waals surface area contributed by atoms with Crippen LogP contribution in [0.15, 0.2) is 18.2 Å². The molecule has 31 heavy (non-hydrogen) atoms. The van der Waals surface area contributed by atoms with Crippen LogP contribution in [0.3, 0.4) is 0 Å². The molecule has 2 atom stereocenters. The van der Waals surface area contributed by atoms with Crippen molar-refractivity contribution >= 4 is 21.9 Å². The number of anilines is 2. The first kappa shape index (κ1) is 24.6. The normalized spacial score (nSPS) is 13.6. The van der Waals surface area contributed by atoms with Crippen molar-refractivity contribution in [3.8, 4) is 11.5 Å². The number of hydrogen-bond acceptors (Lipinski definition) is 9. The minimum atomic E-state index is -3.60. The number of aliphatic hydroxyl groups excluding tert-OH is 1. The summed E-state index contributed by atoms with van der Waals surface area (Å²) in [6.45, 7) is 5.83. The van der Waals surface area contributed by atoms with Crippen LogP contribution in [0.25, 0.3) is 0 Å². The van der Waals surface area contributed by atoms with Crippen molar-refractivity contribution in [2.45, 2.75) is 45.6 Å². The lowest BCUT2D eigenvalue weighted by Gasteiger charge is -2.19. The number of nitrogens with one attached hydrogen (secondary N) is 2. The molecule has 0 saturated carbocycles. The van der Waals surface area contributed by atoms with E-state index >= 15 is 0 Å². The summed E-state index contributed by atoms with van der Waals surface area (Å²) in [5.41, 5.74) is 0.653. The van der Waals surface area contributed by atoms with Gasteiger partial charge in [0.15, 0.2) is 11.5 Å².